The Bertz CT molecular complexity index is 975. The molecule has 0 saturated heterocycles. The molecule has 3 N–H and O–H groups in total. The van der Waals surface area contributed by atoms with Crippen molar-refractivity contribution in [3.8, 4) is 0 Å². The molecule has 2 atom stereocenters. The van der Waals surface area contributed by atoms with E-state index in [2.05, 4.69) is 4.72 Å². The zero-order chi connectivity index (χ0) is 21.9. The molecule has 4 aliphatic rings. The van der Waals surface area contributed by atoms with Crippen molar-refractivity contribution in [3.63, 3.8) is 0 Å². The molecule has 4 fully saturated rings. The fourth-order valence-corrected chi connectivity index (χ4v) is 8.26. The van der Waals surface area contributed by atoms with Gasteiger partial charge in [0.15, 0.2) is 5.78 Å². The van der Waals surface area contributed by atoms with Crippen LogP contribution < -0.4 is 10.5 Å². The van der Waals surface area contributed by atoms with E-state index in [1.54, 1.807) is 26.0 Å². The molecule has 0 aromatic heterocycles. The first-order valence-electron chi connectivity index (χ1n) is 10.6. The summed E-state index contributed by atoms with van der Waals surface area (Å²) in [5.41, 5.74) is 4.10. The second-order valence-electron chi connectivity index (χ2n) is 10.1. The topological polar surface area (TPSA) is 106 Å². The van der Waals surface area contributed by atoms with Crippen LogP contribution in [0.15, 0.2) is 29.2 Å². The van der Waals surface area contributed by atoms with Gasteiger partial charge in [0, 0.05) is 11.8 Å². The maximum absolute atomic E-state index is 13.2. The molecular formula is C22H29ClN2O4S. The number of nitrogens with one attached hydrogen (secondary N) is 1. The Balaban J connectivity index is 1.49. The van der Waals surface area contributed by atoms with Crippen LogP contribution in [0.5, 0.6) is 0 Å². The van der Waals surface area contributed by atoms with Gasteiger partial charge in [0.1, 0.15) is 4.90 Å². The van der Waals surface area contributed by atoms with Gasteiger partial charge in [-0.3, -0.25) is 9.59 Å². The van der Waals surface area contributed by atoms with Gasteiger partial charge in [0.05, 0.1) is 10.6 Å². The fourth-order valence-electron chi connectivity index (χ4n) is 6.34. The Hall–Kier alpha value is -1.44. The van der Waals surface area contributed by atoms with Gasteiger partial charge in [0.25, 0.3) is 0 Å². The van der Waals surface area contributed by atoms with Crippen molar-refractivity contribution in [3.05, 3.63) is 29.3 Å². The summed E-state index contributed by atoms with van der Waals surface area (Å²) in [6.45, 7) is 3.20. The van der Waals surface area contributed by atoms with Crippen LogP contribution in [0.4, 0.5) is 0 Å². The number of sulfonamides is 1. The Kier molecular flexibility index (Phi) is 5.31. The summed E-state index contributed by atoms with van der Waals surface area (Å²) in [4.78, 5) is 25.3. The van der Waals surface area contributed by atoms with Crippen molar-refractivity contribution < 1.29 is 18.0 Å². The molecule has 6 nitrogen and oxygen atoms in total. The third-order valence-electron chi connectivity index (χ3n) is 7.63. The zero-order valence-electron chi connectivity index (χ0n) is 17.4. The normalized spacial score (nSPS) is 32.9. The lowest BCUT2D eigenvalue weighted by Gasteiger charge is -2.59. The molecule has 5 rings (SSSR count). The molecule has 0 radical (unpaired) electrons. The van der Waals surface area contributed by atoms with E-state index in [-0.39, 0.29) is 27.5 Å². The number of benzene rings is 1. The first kappa shape index (κ1) is 21.8. The molecule has 2 unspecified atom stereocenters. The minimum Gasteiger partial charge on any atom is -0.369 e. The van der Waals surface area contributed by atoms with Crippen LogP contribution in [0.1, 0.15) is 52.4 Å². The molecule has 164 valence electrons. The number of halogens is 1. The summed E-state index contributed by atoms with van der Waals surface area (Å²) < 4.78 is 28.2. The number of rotatable bonds is 7. The third kappa shape index (κ3) is 3.69. The largest absolute Gasteiger partial charge is 0.369 e. The van der Waals surface area contributed by atoms with Gasteiger partial charge in [-0.05, 0) is 81.8 Å². The van der Waals surface area contributed by atoms with Crippen LogP contribution >= 0.6 is 11.6 Å². The monoisotopic (exact) mass is 452 g/mol. The maximum atomic E-state index is 13.2. The lowest BCUT2D eigenvalue weighted by atomic mass is 9.45. The molecule has 0 heterocycles. The van der Waals surface area contributed by atoms with Crippen molar-refractivity contribution in [1.82, 2.24) is 4.72 Å². The van der Waals surface area contributed by atoms with Crippen molar-refractivity contribution in [2.75, 3.05) is 0 Å². The highest BCUT2D eigenvalue weighted by Gasteiger charge is 2.58. The van der Waals surface area contributed by atoms with E-state index in [4.69, 9.17) is 17.3 Å². The van der Waals surface area contributed by atoms with Crippen molar-refractivity contribution in [2.45, 2.75) is 62.8 Å². The van der Waals surface area contributed by atoms with E-state index in [0.717, 1.165) is 32.1 Å². The minimum absolute atomic E-state index is 0.0365. The number of carbonyl (C=O) groups is 2. The number of amides is 1. The standard InChI is InChI=1S/C22H29ClN2O4S/c1-21(2,25-30(28,29)18-6-4-3-5-17(18)23)19(26)9-16-14-7-13-8-15(16)12-22(10-13,11-14)20(24)27/h3-6,13-16,25H,7-12H2,1-2H3,(H2,24,27). The van der Waals surface area contributed by atoms with Gasteiger partial charge < -0.3 is 5.73 Å². The number of Topliss-reactive ketones (excluding diaryl/α,β-unsaturated/α-hetero) is 1. The van der Waals surface area contributed by atoms with Crippen LogP contribution in [-0.2, 0) is 19.6 Å². The van der Waals surface area contributed by atoms with Gasteiger partial charge in [-0.25, -0.2) is 8.42 Å². The molecule has 1 amide bonds. The first-order chi connectivity index (χ1) is 13.9. The van der Waals surface area contributed by atoms with Crippen LogP contribution in [0.3, 0.4) is 0 Å². The van der Waals surface area contributed by atoms with Gasteiger partial charge in [-0.1, -0.05) is 23.7 Å². The summed E-state index contributed by atoms with van der Waals surface area (Å²) in [6, 6.07) is 6.18. The molecule has 4 aliphatic carbocycles. The Labute approximate surface area is 183 Å². The Morgan fingerprint density at radius 2 is 1.77 bits per heavy atom. The molecule has 8 heteroatoms. The lowest BCUT2D eigenvalue weighted by Crippen LogP contribution is -2.57. The molecule has 4 saturated carbocycles. The quantitative estimate of drug-likeness (QED) is 0.661. The highest BCUT2D eigenvalue weighted by molar-refractivity contribution is 7.89. The zero-order valence-corrected chi connectivity index (χ0v) is 18.9. The van der Waals surface area contributed by atoms with Crippen molar-refractivity contribution >= 4 is 33.3 Å². The van der Waals surface area contributed by atoms with Gasteiger partial charge in [-0.2, -0.15) is 4.72 Å². The maximum Gasteiger partial charge on any atom is 0.242 e. The van der Waals surface area contributed by atoms with Gasteiger partial charge >= 0.3 is 0 Å². The fraction of sp³-hybridized carbons (Fsp3) is 0.636. The van der Waals surface area contributed by atoms with E-state index in [1.807, 2.05) is 0 Å². The smallest absolute Gasteiger partial charge is 0.242 e. The predicted octanol–water partition coefficient (Wildman–Crippen LogP) is 3.28. The highest BCUT2D eigenvalue weighted by atomic mass is 35.5. The third-order valence-corrected chi connectivity index (χ3v) is 9.78. The van der Waals surface area contributed by atoms with Crippen LogP contribution in [0, 0.1) is 29.1 Å². The number of nitrogens with two attached hydrogens (primary N) is 1. The second-order valence-corrected chi connectivity index (χ2v) is 12.1. The molecule has 1 aromatic carbocycles. The second kappa shape index (κ2) is 7.31. The molecule has 1 aromatic rings. The number of ketones is 1. The molecule has 4 bridgehead atoms. The van der Waals surface area contributed by atoms with Gasteiger partial charge in [0.2, 0.25) is 15.9 Å². The summed E-state index contributed by atoms with van der Waals surface area (Å²) in [7, 11) is -3.94. The molecule has 0 spiro atoms. The SMILES string of the molecule is CC(C)(NS(=O)(=O)c1ccccc1Cl)C(=O)CC1C2CC3CC1CC(C(N)=O)(C3)C2. The number of hydrogen-bond acceptors (Lipinski definition) is 4. The van der Waals surface area contributed by atoms with Crippen molar-refractivity contribution in [1.29, 1.82) is 0 Å². The lowest BCUT2D eigenvalue weighted by molar-refractivity contribution is -0.152. The Morgan fingerprint density at radius 1 is 1.17 bits per heavy atom. The van der Waals surface area contributed by atoms with Crippen molar-refractivity contribution in [2.24, 2.45) is 34.8 Å². The number of primary amides is 1. The molecule has 0 aliphatic heterocycles. The predicted molar refractivity (Wildman–Crippen MR) is 114 cm³/mol. The van der Waals surface area contributed by atoms with E-state index in [0.29, 0.717) is 24.2 Å². The van der Waals surface area contributed by atoms with E-state index in [9.17, 15) is 18.0 Å². The van der Waals surface area contributed by atoms with Crippen LogP contribution in [0.25, 0.3) is 0 Å². The molecule has 30 heavy (non-hydrogen) atoms. The average Bonchev–Trinajstić information content (AvgIpc) is 2.63. The first-order valence-corrected chi connectivity index (χ1v) is 12.4. The number of carbonyl (C=O) groups excluding carboxylic acids is 2. The minimum atomic E-state index is -3.94. The summed E-state index contributed by atoms with van der Waals surface area (Å²) in [5.74, 6) is 0.995. The van der Waals surface area contributed by atoms with E-state index in [1.165, 1.54) is 12.1 Å². The van der Waals surface area contributed by atoms with Crippen LogP contribution in [0.2, 0.25) is 5.02 Å². The summed E-state index contributed by atoms with van der Waals surface area (Å²) >= 11 is 6.05. The number of hydrogen-bond donors (Lipinski definition) is 2. The summed E-state index contributed by atoms with van der Waals surface area (Å²) in [6.07, 6.45) is 4.80. The van der Waals surface area contributed by atoms with Crippen LogP contribution in [-0.4, -0.2) is 25.6 Å². The summed E-state index contributed by atoms with van der Waals surface area (Å²) in [5, 5.41) is 0.117. The highest BCUT2D eigenvalue weighted by Crippen LogP contribution is 2.62. The average molecular weight is 453 g/mol. The van der Waals surface area contributed by atoms with E-state index >= 15 is 0 Å². The van der Waals surface area contributed by atoms with E-state index < -0.39 is 21.0 Å². The Morgan fingerprint density at radius 3 is 2.33 bits per heavy atom. The molecular weight excluding hydrogens is 424 g/mol. The van der Waals surface area contributed by atoms with Gasteiger partial charge in [-0.15, -0.1) is 0 Å².